The predicted molar refractivity (Wildman–Crippen MR) is 35.0 cm³/mol. The predicted octanol–water partition coefficient (Wildman–Crippen LogP) is -1.02. The lowest BCUT2D eigenvalue weighted by atomic mass is 10.1. The number of nitrogens with two attached hydrogens (primary N) is 1. The third kappa shape index (κ3) is 1.99. The summed E-state index contributed by atoms with van der Waals surface area (Å²) in [5.74, 6) is -1.78. The Labute approximate surface area is 58.3 Å². The number of hydrogen-bond donors (Lipinski definition) is 2. The van der Waals surface area contributed by atoms with E-state index in [1.807, 2.05) is 0 Å². The van der Waals surface area contributed by atoms with Crippen molar-refractivity contribution in [3.8, 4) is 0 Å². The van der Waals surface area contributed by atoms with Crippen LogP contribution in [0, 0.1) is 0 Å². The molecule has 1 unspecified atom stereocenters. The molecule has 0 aromatic heterocycles. The van der Waals surface area contributed by atoms with Gasteiger partial charge in [0, 0.05) is 0 Å². The second-order valence-corrected chi connectivity index (χ2v) is 1.95. The number of ketones is 1. The van der Waals surface area contributed by atoms with Crippen LogP contribution in [0.5, 0.6) is 0 Å². The van der Waals surface area contributed by atoms with Crippen LogP contribution in [0.3, 0.4) is 0 Å². The summed E-state index contributed by atoms with van der Waals surface area (Å²) in [6, 6.07) is 0. The van der Waals surface area contributed by atoms with Crippen LogP contribution in [0.2, 0.25) is 0 Å². The molecule has 0 fully saturated rings. The molecule has 0 aliphatic rings. The SMILES string of the molecule is C=C(C)C(=O)C(O)C(N)=O. The molecule has 0 rings (SSSR count). The molecule has 0 aliphatic heterocycles. The zero-order valence-electron chi connectivity index (χ0n) is 5.63. The lowest BCUT2D eigenvalue weighted by Crippen LogP contribution is -2.35. The summed E-state index contributed by atoms with van der Waals surface area (Å²) in [5, 5.41) is 8.68. The highest BCUT2D eigenvalue weighted by Gasteiger charge is 2.20. The van der Waals surface area contributed by atoms with Crippen molar-refractivity contribution in [2.75, 3.05) is 0 Å². The molecule has 0 spiro atoms. The minimum absolute atomic E-state index is 0.117. The van der Waals surface area contributed by atoms with E-state index in [1.54, 1.807) is 0 Å². The summed E-state index contributed by atoms with van der Waals surface area (Å²) < 4.78 is 0. The molecular weight excluding hydrogens is 134 g/mol. The van der Waals surface area contributed by atoms with E-state index in [2.05, 4.69) is 12.3 Å². The maximum atomic E-state index is 10.6. The van der Waals surface area contributed by atoms with E-state index in [4.69, 9.17) is 5.11 Å². The maximum Gasteiger partial charge on any atom is 0.254 e. The van der Waals surface area contributed by atoms with Crippen LogP contribution >= 0.6 is 0 Å². The van der Waals surface area contributed by atoms with Crippen molar-refractivity contribution in [1.29, 1.82) is 0 Å². The normalized spacial score (nSPS) is 12.2. The average Bonchev–Trinajstić information content (AvgIpc) is 1.84. The maximum absolute atomic E-state index is 10.6. The third-order valence-corrected chi connectivity index (χ3v) is 0.938. The second-order valence-electron chi connectivity index (χ2n) is 1.95. The molecule has 10 heavy (non-hydrogen) atoms. The van der Waals surface area contributed by atoms with Crippen LogP contribution in [-0.4, -0.2) is 22.9 Å². The zero-order chi connectivity index (χ0) is 8.31. The van der Waals surface area contributed by atoms with Crippen LogP contribution in [0.25, 0.3) is 0 Å². The van der Waals surface area contributed by atoms with Gasteiger partial charge in [-0.3, -0.25) is 9.59 Å². The molecule has 0 saturated carbocycles. The molecular formula is C6H9NO3. The highest BCUT2D eigenvalue weighted by molar-refractivity contribution is 6.10. The van der Waals surface area contributed by atoms with Gasteiger partial charge in [0.05, 0.1) is 0 Å². The first kappa shape index (κ1) is 8.84. The molecule has 0 aliphatic carbocycles. The standard InChI is InChI=1S/C6H9NO3/c1-3(2)4(8)5(9)6(7)10/h5,9H,1H2,2H3,(H2,7,10). The molecule has 1 amide bonds. The summed E-state index contributed by atoms with van der Waals surface area (Å²) in [4.78, 5) is 20.8. The summed E-state index contributed by atoms with van der Waals surface area (Å²) in [6.07, 6.45) is -1.74. The molecule has 1 atom stereocenters. The van der Waals surface area contributed by atoms with Crippen LogP contribution < -0.4 is 5.73 Å². The number of hydrogen-bond acceptors (Lipinski definition) is 3. The first-order chi connectivity index (χ1) is 4.46. The van der Waals surface area contributed by atoms with Crippen molar-refractivity contribution in [3.63, 3.8) is 0 Å². The molecule has 56 valence electrons. The summed E-state index contributed by atoms with van der Waals surface area (Å²) in [7, 11) is 0. The van der Waals surface area contributed by atoms with Gasteiger partial charge in [0.1, 0.15) is 0 Å². The fourth-order valence-corrected chi connectivity index (χ4v) is 0.363. The molecule has 0 heterocycles. The van der Waals surface area contributed by atoms with E-state index in [0.29, 0.717) is 0 Å². The molecule has 0 radical (unpaired) electrons. The first-order valence-corrected chi connectivity index (χ1v) is 2.64. The number of primary amides is 1. The first-order valence-electron chi connectivity index (χ1n) is 2.64. The average molecular weight is 143 g/mol. The fourth-order valence-electron chi connectivity index (χ4n) is 0.363. The Balaban J connectivity index is 4.22. The van der Waals surface area contributed by atoms with E-state index in [1.165, 1.54) is 6.92 Å². The van der Waals surface area contributed by atoms with Gasteiger partial charge >= 0.3 is 0 Å². The molecule has 0 aromatic rings. The minimum Gasteiger partial charge on any atom is -0.376 e. The highest BCUT2D eigenvalue weighted by atomic mass is 16.3. The van der Waals surface area contributed by atoms with Gasteiger partial charge in [-0.25, -0.2) is 0 Å². The highest BCUT2D eigenvalue weighted by Crippen LogP contribution is 1.94. The molecule has 4 heteroatoms. The quantitative estimate of drug-likeness (QED) is 0.392. The van der Waals surface area contributed by atoms with Crippen LogP contribution in [0.15, 0.2) is 12.2 Å². The second kappa shape index (κ2) is 3.12. The van der Waals surface area contributed by atoms with Crippen molar-refractivity contribution in [2.45, 2.75) is 13.0 Å². The number of carbonyl (C=O) groups excluding carboxylic acids is 2. The van der Waals surface area contributed by atoms with Crippen molar-refractivity contribution >= 4 is 11.7 Å². The molecule has 4 nitrogen and oxygen atoms in total. The van der Waals surface area contributed by atoms with E-state index in [9.17, 15) is 9.59 Å². The number of carbonyl (C=O) groups is 2. The van der Waals surface area contributed by atoms with E-state index in [-0.39, 0.29) is 5.57 Å². The van der Waals surface area contributed by atoms with Gasteiger partial charge in [-0.1, -0.05) is 6.58 Å². The van der Waals surface area contributed by atoms with E-state index < -0.39 is 17.8 Å². The van der Waals surface area contributed by atoms with Crippen LogP contribution in [0.1, 0.15) is 6.92 Å². The number of aliphatic hydroxyl groups is 1. The van der Waals surface area contributed by atoms with Gasteiger partial charge in [-0.2, -0.15) is 0 Å². The van der Waals surface area contributed by atoms with Gasteiger partial charge in [-0.15, -0.1) is 0 Å². The van der Waals surface area contributed by atoms with Crippen molar-refractivity contribution in [1.82, 2.24) is 0 Å². The monoisotopic (exact) mass is 143 g/mol. The van der Waals surface area contributed by atoms with Crippen molar-refractivity contribution < 1.29 is 14.7 Å². The van der Waals surface area contributed by atoms with Gasteiger partial charge in [0.2, 0.25) is 0 Å². The lowest BCUT2D eigenvalue weighted by molar-refractivity contribution is -0.135. The number of Topliss-reactive ketones (excluding diaryl/α,β-unsaturated/α-hetero) is 1. The summed E-state index contributed by atoms with van der Waals surface area (Å²) >= 11 is 0. The molecule has 0 bridgehead atoms. The molecule has 3 N–H and O–H groups in total. The Morgan fingerprint density at radius 3 is 2.10 bits per heavy atom. The Morgan fingerprint density at radius 1 is 1.60 bits per heavy atom. The topological polar surface area (TPSA) is 80.4 Å². The Kier molecular flexibility index (Phi) is 2.76. The smallest absolute Gasteiger partial charge is 0.254 e. The molecule has 0 saturated heterocycles. The summed E-state index contributed by atoms with van der Waals surface area (Å²) in [5.41, 5.74) is 4.74. The van der Waals surface area contributed by atoms with Gasteiger partial charge in [0.25, 0.3) is 5.91 Å². The minimum atomic E-state index is -1.74. The number of aliphatic hydroxyl groups excluding tert-OH is 1. The van der Waals surface area contributed by atoms with E-state index in [0.717, 1.165) is 0 Å². The Morgan fingerprint density at radius 2 is 2.00 bits per heavy atom. The number of amides is 1. The van der Waals surface area contributed by atoms with Crippen LogP contribution in [0.4, 0.5) is 0 Å². The lowest BCUT2D eigenvalue weighted by Gasteiger charge is -2.02. The van der Waals surface area contributed by atoms with Gasteiger partial charge in [-0.05, 0) is 12.5 Å². The Hall–Kier alpha value is -1.16. The molecule has 0 aromatic carbocycles. The van der Waals surface area contributed by atoms with Crippen LogP contribution in [-0.2, 0) is 9.59 Å². The van der Waals surface area contributed by atoms with Gasteiger partial charge < -0.3 is 10.8 Å². The van der Waals surface area contributed by atoms with Crippen molar-refractivity contribution in [3.05, 3.63) is 12.2 Å². The fraction of sp³-hybridized carbons (Fsp3) is 0.333. The largest absolute Gasteiger partial charge is 0.376 e. The number of rotatable bonds is 3. The summed E-state index contributed by atoms with van der Waals surface area (Å²) in [6.45, 7) is 4.64. The van der Waals surface area contributed by atoms with Crippen molar-refractivity contribution in [2.24, 2.45) is 5.73 Å². The van der Waals surface area contributed by atoms with Gasteiger partial charge in [0.15, 0.2) is 11.9 Å². The zero-order valence-corrected chi connectivity index (χ0v) is 5.63. The Bertz CT molecular complexity index is 185. The van der Waals surface area contributed by atoms with E-state index >= 15 is 0 Å². The third-order valence-electron chi connectivity index (χ3n) is 0.938.